The van der Waals surface area contributed by atoms with E-state index < -0.39 is 0 Å². The molecule has 0 bridgehead atoms. The zero-order chi connectivity index (χ0) is 7.19. The van der Waals surface area contributed by atoms with Gasteiger partial charge in [0.2, 0.25) is 0 Å². The zero-order valence-electron chi connectivity index (χ0n) is 6.18. The second-order valence-electron chi connectivity index (χ2n) is 3.28. The van der Waals surface area contributed by atoms with Crippen LogP contribution in [0.2, 0.25) is 0 Å². The van der Waals surface area contributed by atoms with E-state index >= 15 is 0 Å². The molecule has 0 N–H and O–H groups in total. The van der Waals surface area contributed by atoms with Crippen molar-refractivity contribution in [2.24, 2.45) is 5.92 Å². The van der Waals surface area contributed by atoms with E-state index in [1.54, 1.807) is 0 Å². The van der Waals surface area contributed by atoms with Gasteiger partial charge in [-0.2, -0.15) is 0 Å². The van der Waals surface area contributed by atoms with Gasteiger partial charge in [0.25, 0.3) is 0 Å². The molecule has 1 heterocycles. The van der Waals surface area contributed by atoms with Crippen LogP contribution in [0.4, 0.5) is 4.39 Å². The van der Waals surface area contributed by atoms with E-state index in [1.165, 1.54) is 0 Å². The van der Waals surface area contributed by atoms with E-state index in [1.807, 2.05) is 0 Å². The Labute approximate surface area is 60.5 Å². The molecule has 0 amide bonds. The Morgan fingerprint density at radius 2 is 2.40 bits per heavy atom. The number of hydrogen-bond donors (Lipinski definition) is 0. The van der Waals surface area contributed by atoms with Crippen molar-refractivity contribution in [3.8, 4) is 0 Å². The highest BCUT2D eigenvalue weighted by Gasteiger charge is 2.49. The average molecular weight is 141 g/mol. The van der Waals surface area contributed by atoms with Crippen molar-refractivity contribution in [2.45, 2.75) is 12.0 Å². The lowest BCUT2D eigenvalue weighted by Crippen LogP contribution is -2.33. The molecule has 56 valence electrons. The molecule has 0 aromatic heterocycles. The van der Waals surface area contributed by atoms with Gasteiger partial charge in [-0.25, -0.2) is 0 Å². The SMILES string of the molecule is CN1CCC(CF)C12C=C2. The van der Waals surface area contributed by atoms with Crippen LogP contribution in [0.5, 0.6) is 0 Å². The fourth-order valence-electron chi connectivity index (χ4n) is 1.90. The van der Waals surface area contributed by atoms with Crippen molar-refractivity contribution in [3.63, 3.8) is 0 Å². The summed E-state index contributed by atoms with van der Waals surface area (Å²) in [7, 11) is 2.07. The van der Waals surface area contributed by atoms with Crippen LogP contribution < -0.4 is 0 Å². The normalized spacial score (nSPS) is 35.6. The van der Waals surface area contributed by atoms with Crippen molar-refractivity contribution >= 4 is 0 Å². The minimum Gasteiger partial charge on any atom is -0.294 e. The number of nitrogens with zero attached hydrogens (tertiary/aromatic N) is 1. The Morgan fingerprint density at radius 1 is 1.70 bits per heavy atom. The Bertz CT molecular complexity index is 170. The maximum atomic E-state index is 12.3. The standard InChI is InChI=1S/C8H12FN/c1-10-5-2-7(6-9)8(10)3-4-8/h3-4,7H,2,5-6H2,1H3. The van der Waals surface area contributed by atoms with Gasteiger partial charge in [0.15, 0.2) is 0 Å². The predicted molar refractivity (Wildman–Crippen MR) is 38.6 cm³/mol. The molecule has 2 rings (SSSR count). The molecule has 0 saturated carbocycles. The van der Waals surface area contributed by atoms with Gasteiger partial charge >= 0.3 is 0 Å². The summed E-state index contributed by atoms with van der Waals surface area (Å²) in [6.07, 6.45) is 5.24. The van der Waals surface area contributed by atoms with Gasteiger partial charge in [0.1, 0.15) is 0 Å². The second kappa shape index (κ2) is 1.82. The lowest BCUT2D eigenvalue weighted by atomic mass is 9.98. The number of rotatable bonds is 1. The summed E-state index contributed by atoms with van der Waals surface area (Å²) in [6.45, 7) is 0.874. The molecule has 0 aromatic carbocycles. The summed E-state index contributed by atoms with van der Waals surface area (Å²) < 4.78 is 12.3. The van der Waals surface area contributed by atoms with Crippen LogP contribution in [0.25, 0.3) is 0 Å². The molecule has 1 nitrogen and oxygen atoms in total. The molecular formula is C8H12FN. The van der Waals surface area contributed by atoms with Crippen LogP contribution in [-0.4, -0.2) is 30.7 Å². The first-order valence-electron chi connectivity index (χ1n) is 3.77. The minimum atomic E-state index is -0.169. The van der Waals surface area contributed by atoms with Gasteiger partial charge in [-0.05, 0) is 20.0 Å². The van der Waals surface area contributed by atoms with Crippen LogP contribution in [0.1, 0.15) is 6.42 Å². The highest BCUT2D eigenvalue weighted by molar-refractivity contribution is 5.37. The van der Waals surface area contributed by atoms with E-state index in [0.717, 1.165) is 13.0 Å². The third-order valence-corrected chi connectivity index (χ3v) is 2.82. The van der Waals surface area contributed by atoms with Gasteiger partial charge in [0, 0.05) is 5.92 Å². The maximum Gasteiger partial charge on any atom is 0.0947 e. The fraction of sp³-hybridized carbons (Fsp3) is 0.750. The summed E-state index contributed by atoms with van der Waals surface area (Å²) in [5.74, 6) is 0.248. The number of halogens is 1. The third-order valence-electron chi connectivity index (χ3n) is 2.82. The van der Waals surface area contributed by atoms with Gasteiger partial charge < -0.3 is 0 Å². The molecule has 1 aliphatic heterocycles. The van der Waals surface area contributed by atoms with Crippen molar-refractivity contribution in [2.75, 3.05) is 20.3 Å². The van der Waals surface area contributed by atoms with E-state index in [0.29, 0.717) is 0 Å². The van der Waals surface area contributed by atoms with Crippen LogP contribution in [-0.2, 0) is 0 Å². The lowest BCUT2D eigenvalue weighted by molar-refractivity contribution is 0.246. The smallest absolute Gasteiger partial charge is 0.0947 e. The monoisotopic (exact) mass is 141 g/mol. The van der Waals surface area contributed by atoms with E-state index in [9.17, 15) is 4.39 Å². The minimum absolute atomic E-state index is 0.0781. The summed E-state index contributed by atoms with van der Waals surface area (Å²) in [5, 5.41) is 0. The summed E-state index contributed by atoms with van der Waals surface area (Å²) in [6, 6.07) is 0. The second-order valence-corrected chi connectivity index (χ2v) is 3.28. The van der Waals surface area contributed by atoms with Gasteiger partial charge in [-0.15, -0.1) is 0 Å². The highest BCUT2D eigenvalue weighted by Crippen LogP contribution is 2.44. The van der Waals surface area contributed by atoms with Gasteiger partial charge in [0.05, 0.1) is 12.2 Å². The van der Waals surface area contributed by atoms with E-state index in [4.69, 9.17) is 0 Å². The van der Waals surface area contributed by atoms with Crippen LogP contribution in [0.15, 0.2) is 12.2 Å². The molecule has 1 unspecified atom stereocenters. The first-order chi connectivity index (χ1) is 4.79. The maximum absolute atomic E-state index is 12.3. The van der Waals surface area contributed by atoms with E-state index in [-0.39, 0.29) is 18.1 Å². The van der Waals surface area contributed by atoms with Crippen molar-refractivity contribution in [1.82, 2.24) is 4.90 Å². The molecule has 1 aliphatic carbocycles. The van der Waals surface area contributed by atoms with Crippen molar-refractivity contribution < 1.29 is 4.39 Å². The Hall–Kier alpha value is -0.370. The van der Waals surface area contributed by atoms with Crippen LogP contribution in [0.3, 0.4) is 0 Å². The Morgan fingerprint density at radius 3 is 2.80 bits per heavy atom. The van der Waals surface area contributed by atoms with Crippen LogP contribution >= 0.6 is 0 Å². The molecule has 2 heteroatoms. The molecule has 1 fully saturated rings. The predicted octanol–water partition coefficient (Wildman–Crippen LogP) is 1.22. The van der Waals surface area contributed by atoms with Crippen molar-refractivity contribution in [3.05, 3.63) is 12.2 Å². The molecule has 1 spiro atoms. The van der Waals surface area contributed by atoms with Gasteiger partial charge in [-0.1, -0.05) is 12.2 Å². The van der Waals surface area contributed by atoms with Crippen LogP contribution in [0, 0.1) is 5.92 Å². The topological polar surface area (TPSA) is 3.24 Å². The first-order valence-corrected chi connectivity index (χ1v) is 3.77. The summed E-state index contributed by atoms with van der Waals surface area (Å²) in [4.78, 5) is 2.23. The molecule has 0 radical (unpaired) electrons. The Kier molecular flexibility index (Phi) is 1.15. The molecule has 1 atom stereocenters. The number of likely N-dealkylation sites (N-methyl/N-ethyl adjacent to an activating group) is 1. The van der Waals surface area contributed by atoms with Gasteiger partial charge in [-0.3, -0.25) is 9.29 Å². The molecular weight excluding hydrogens is 129 g/mol. The highest BCUT2D eigenvalue weighted by atomic mass is 19.1. The molecule has 0 aromatic rings. The fourth-order valence-corrected chi connectivity index (χ4v) is 1.90. The van der Waals surface area contributed by atoms with Crippen molar-refractivity contribution in [1.29, 1.82) is 0 Å². The molecule has 2 aliphatic rings. The zero-order valence-corrected chi connectivity index (χ0v) is 6.18. The largest absolute Gasteiger partial charge is 0.294 e. The first kappa shape index (κ1) is 6.35. The Balaban J connectivity index is 2.12. The number of hydrogen-bond acceptors (Lipinski definition) is 1. The molecule has 1 saturated heterocycles. The molecule has 10 heavy (non-hydrogen) atoms. The average Bonchev–Trinajstić information content (AvgIpc) is 2.63. The lowest BCUT2D eigenvalue weighted by Gasteiger charge is -2.22. The quantitative estimate of drug-likeness (QED) is 0.496. The number of likely N-dealkylation sites (tertiary alicyclic amines) is 1. The summed E-state index contributed by atoms with van der Waals surface area (Å²) in [5.41, 5.74) is 0.0781. The summed E-state index contributed by atoms with van der Waals surface area (Å²) >= 11 is 0. The number of alkyl halides is 1. The van der Waals surface area contributed by atoms with E-state index in [2.05, 4.69) is 24.1 Å². The third kappa shape index (κ3) is 0.601.